The number of nitrogens with one attached hydrogen (secondary N) is 2. The SMILES string of the molecule is CC[C@H](NC(=S)Nc1ccc(OC)cc1)c1ccc(C)cc1. The van der Waals surface area contributed by atoms with Gasteiger partial charge >= 0.3 is 0 Å². The van der Waals surface area contributed by atoms with E-state index in [0.29, 0.717) is 5.11 Å². The highest BCUT2D eigenvalue weighted by Gasteiger charge is 2.10. The first-order valence-corrected chi connectivity index (χ1v) is 7.81. The highest BCUT2D eigenvalue weighted by Crippen LogP contribution is 2.18. The van der Waals surface area contributed by atoms with Crippen molar-refractivity contribution in [3.8, 4) is 5.75 Å². The van der Waals surface area contributed by atoms with E-state index in [1.807, 2.05) is 24.3 Å². The molecule has 0 saturated heterocycles. The van der Waals surface area contributed by atoms with Crippen molar-refractivity contribution in [2.75, 3.05) is 12.4 Å². The van der Waals surface area contributed by atoms with E-state index in [-0.39, 0.29) is 6.04 Å². The molecular weight excluding hydrogens is 292 g/mol. The molecule has 4 heteroatoms. The summed E-state index contributed by atoms with van der Waals surface area (Å²) in [4.78, 5) is 0. The van der Waals surface area contributed by atoms with E-state index in [4.69, 9.17) is 17.0 Å². The second-order valence-electron chi connectivity index (χ2n) is 5.20. The van der Waals surface area contributed by atoms with Crippen LogP contribution in [-0.4, -0.2) is 12.2 Å². The second-order valence-corrected chi connectivity index (χ2v) is 5.61. The summed E-state index contributed by atoms with van der Waals surface area (Å²) in [5.74, 6) is 0.829. The van der Waals surface area contributed by atoms with Crippen LogP contribution in [0.25, 0.3) is 0 Å². The quantitative estimate of drug-likeness (QED) is 0.799. The lowest BCUT2D eigenvalue weighted by molar-refractivity contribution is 0.415. The molecule has 0 amide bonds. The van der Waals surface area contributed by atoms with E-state index in [0.717, 1.165) is 17.9 Å². The standard InChI is InChI=1S/C18H22N2OS/c1-4-17(14-7-5-13(2)6-8-14)20-18(22)19-15-9-11-16(21-3)12-10-15/h5-12,17H,4H2,1-3H3,(H2,19,20,22)/t17-/m0/s1. The van der Waals surface area contributed by atoms with Crippen LogP contribution in [0, 0.1) is 6.92 Å². The molecule has 0 saturated carbocycles. The molecule has 116 valence electrons. The van der Waals surface area contributed by atoms with Gasteiger partial charge in [-0.3, -0.25) is 0 Å². The number of anilines is 1. The lowest BCUT2D eigenvalue weighted by atomic mass is 10.0. The lowest BCUT2D eigenvalue weighted by Crippen LogP contribution is -2.32. The minimum absolute atomic E-state index is 0.207. The highest BCUT2D eigenvalue weighted by molar-refractivity contribution is 7.80. The Bertz CT molecular complexity index is 608. The molecule has 2 N–H and O–H groups in total. The van der Waals surface area contributed by atoms with E-state index in [2.05, 4.69) is 48.7 Å². The molecule has 0 unspecified atom stereocenters. The molecule has 0 fully saturated rings. The summed E-state index contributed by atoms with van der Waals surface area (Å²) >= 11 is 5.41. The molecule has 0 aliphatic rings. The van der Waals surface area contributed by atoms with Crippen LogP contribution in [0.4, 0.5) is 5.69 Å². The van der Waals surface area contributed by atoms with Gasteiger partial charge in [-0.1, -0.05) is 36.8 Å². The van der Waals surface area contributed by atoms with Crippen molar-refractivity contribution < 1.29 is 4.74 Å². The number of rotatable bonds is 5. The third kappa shape index (κ3) is 4.46. The predicted octanol–water partition coefficient (Wildman–Crippen LogP) is 4.44. The summed E-state index contributed by atoms with van der Waals surface area (Å²) in [6, 6.07) is 16.4. The van der Waals surface area contributed by atoms with Crippen LogP contribution in [0.2, 0.25) is 0 Å². The highest BCUT2D eigenvalue weighted by atomic mass is 32.1. The van der Waals surface area contributed by atoms with Crippen molar-refractivity contribution in [2.24, 2.45) is 0 Å². The first-order chi connectivity index (χ1) is 10.6. The molecule has 0 aliphatic carbocycles. The normalized spacial score (nSPS) is 11.6. The maximum atomic E-state index is 5.41. The first kappa shape index (κ1) is 16.3. The van der Waals surface area contributed by atoms with E-state index < -0.39 is 0 Å². The van der Waals surface area contributed by atoms with Crippen molar-refractivity contribution in [2.45, 2.75) is 26.3 Å². The van der Waals surface area contributed by atoms with Gasteiger partial charge in [0.25, 0.3) is 0 Å². The Kier molecular flexibility index (Phi) is 5.78. The van der Waals surface area contributed by atoms with Crippen LogP contribution in [-0.2, 0) is 0 Å². The Morgan fingerprint density at radius 1 is 1.09 bits per heavy atom. The summed E-state index contributed by atoms with van der Waals surface area (Å²) in [6.07, 6.45) is 0.966. The fraction of sp³-hybridized carbons (Fsp3) is 0.278. The molecule has 0 aliphatic heterocycles. The van der Waals surface area contributed by atoms with Gasteiger partial charge in [0, 0.05) is 5.69 Å². The fourth-order valence-electron chi connectivity index (χ4n) is 2.22. The van der Waals surface area contributed by atoms with Crippen molar-refractivity contribution >= 4 is 23.0 Å². The molecule has 22 heavy (non-hydrogen) atoms. The molecule has 0 heterocycles. The minimum Gasteiger partial charge on any atom is -0.497 e. The Morgan fingerprint density at radius 2 is 1.73 bits per heavy atom. The molecule has 3 nitrogen and oxygen atoms in total. The van der Waals surface area contributed by atoms with Gasteiger partial charge in [-0.15, -0.1) is 0 Å². The third-order valence-electron chi connectivity index (χ3n) is 3.54. The number of ether oxygens (including phenoxy) is 1. The molecule has 2 aromatic rings. The van der Waals surface area contributed by atoms with Crippen molar-refractivity contribution in [1.82, 2.24) is 5.32 Å². The second kappa shape index (κ2) is 7.80. The van der Waals surface area contributed by atoms with Crippen molar-refractivity contribution in [3.63, 3.8) is 0 Å². The van der Waals surface area contributed by atoms with Gasteiger partial charge in [0.15, 0.2) is 5.11 Å². The summed E-state index contributed by atoms with van der Waals surface area (Å²) in [5, 5.41) is 7.20. The van der Waals surface area contributed by atoms with E-state index in [1.165, 1.54) is 11.1 Å². The van der Waals surface area contributed by atoms with Gasteiger partial charge in [-0.2, -0.15) is 0 Å². The number of aryl methyl sites for hydroxylation is 1. The maximum Gasteiger partial charge on any atom is 0.171 e. The smallest absolute Gasteiger partial charge is 0.171 e. The Balaban J connectivity index is 1.98. The average molecular weight is 314 g/mol. The Morgan fingerprint density at radius 3 is 2.27 bits per heavy atom. The zero-order chi connectivity index (χ0) is 15.9. The fourth-order valence-corrected chi connectivity index (χ4v) is 2.48. The number of thiocarbonyl (C=S) groups is 1. The van der Waals surface area contributed by atoms with Gasteiger partial charge in [0.2, 0.25) is 0 Å². The molecule has 0 bridgehead atoms. The largest absolute Gasteiger partial charge is 0.497 e. The van der Waals surface area contributed by atoms with Crippen LogP contribution in [0.1, 0.15) is 30.5 Å². The van der Waals surface area contributed by atoms with Gasteiger partial charge in [-0.05, 0) is 55.4 Å². The van der Waals surface area contributed by atoms with Crippen LogP contribution in [0.3, 0.4) is 0 Å². The zero-order valence-corrected chi connectivity index (χ0v) is 14.0. The van der Waals surface area contributed by atoms with Crippen LogP contribution in [0.5, 0.6) is 5.75 Å². The lowest BCUT2D eigenvalue weighted by Gasteiger charge is -2.20. The summed E-state index contributed by atoms with van der Waals surface area (Å²) in [7, 11) is 1.65. The van der Waals surface area contributed by atoms with Gasteiger partial charge in [0.05, 0.1) is 13.2 Å². The van der Waals surface area contributed by atoms with Crippen LogP contribution >= 0.6 is 12.2 Å². The predicted molar refractivity (Wildman–Crippen MR) is 96.6 cm³/mol. The first-order valence-electron chi connectivity index (χ1n) is 7.40. The Labute approximate surface area is 137 Å². The zero-order valence-electron chi connectivity index (χ0n) is 13.2. The number of hydrogen-bond donors (Lipinski definition) is 2. The number of methoxy groups -OCH3 is 1. The maximum absolute atomic E-state index is 5.41. The number of hydrogen-bond acceptors (Lipinski definition) is 2. The van der Waals surface area contributed by atoms with Crippen molar-refractivity contribution in [3.05, 3.63) is 59.7 Å². The summed E-state index contributed by atoms with van der Waals surface area (Å²) < 4.78 is 5.15. The summed E-state index contributed by atoms with van der Waals surface area (Å²) in [6.45, 7) is 4.24. The monoisotopic (exact) mass is 314 g/mol. The van der Waals surface area contributed by atoms with E-state index in [1.54, 1.807) is 7.11 Å². The molecule has 2 aromatic carbocycles. The van der Waals surface area contributed by atoms with Gasteiger partial charge < -0.3 is 15.4 Å². The van der Waals surface area contributed by atoms with Crippen LogP contribution in [0.15, 0.2) is 48.5 Å². The molecule has 0 aromatic heterocycles. The number of benzene rings is 2. The van der Waals surface area contributed by atoms with Crippen LogP contribution < -0.4 is 15.4 Å². The average Bonchev–Trinajstić information content (AvgIpc) is 2.54. The molecule has 2 rings (SSSR count). The van der Waals surface area contributed by atoms with E-state index in [9.17, 15) is 0 Å². The minimum atomic E-state index is 0.207. The van der Waals surface area contributed by atoms with Gasteiger partial charge in [-0.25, -0.2) is 0 Å². The van der Waals surface area contributed by atoms with Crippen molar-refractivity contribution in [1.29, 1.82) is 0 Å². The summed E-state index contributed by atoms with van der Waals surface area (Å²) in [5.41, 5.74) is 3.45. The molecule has 0 spiro atoms. The third-order valence-corrected chi connectivity index (χ3v) is 3.76. The van der Waals surface area contributed by atoms with E-state index >= 15 is 0 Å². The Hall–Kier alpha value is -2.07. The topological polar surface area (TPSA) is 33.3 Å². The molecule has 0 radical (unpaired) electrons. The molecule has 1 atom stereocenters. The molecular formula is C18H22N2OS. The van der Waals surface area contributed by atoms with Gasteiger partial charge in [0.1, 0.15) is 5.75 Å².